The number of imidazole rings is 1. The predicted molar refractivity (Wildman–Crippen MR) is 107 cm³/mol. The van der Waals surface area contributed by atoms with E-state index in [4.69, 9.17) is 14.0 Å². The number of hydrogen-bond acceptors (Lipinski definition) is 8. The summed E-state index contributed by atoms with van der Waals surface area (Å²) in [5, 5.41) is 13.5. The van der Waals surface area contributed by atoms with Crippen LogP contribution in [0.4, 0.5) is 4.39 Å². The number of ether oxygens (including phenoxy) is 2. The van der Waals surface area contributed by atoms with Gasteiger partial charge in [0.15, 0.2) is 0 Å². The van der Waals surface area contributed by atoms with Gasteiger partial charge in [-0.2, -0.15) is 10.2 Å². The third-order valence-electron chi connectivity index (χ3n) is 5.14. The molecule has 0 bridgehead atoms. The van der Waals surface area contributed by atoms with Gasteiger partial charge in [0.2, 0.25) is 5.82 Å². The molecule has 10 nitrogen and oxygen atoms in total. The van der Waals surface area contributed by atoms with Crippen molar-refractivity contribution in [1.29, 1.82) is 5.26 Å². The molecule has 0 aliphatic carbocycles. The van der Waals surface area contributed by atoms with Crippen LogP contribution in [0.1, 0.15) is 25.3 Å². The number of hydrogen-bond donors (Lipinski definition) is 0. The van der Waals surface area contributed by atoms with Crippen LogP contribution >= 0.6 is 0 Å². The lowest BCUT2D eigenvalue weighted by Gasteiger charge is -2.16. The summed E-state index contributed by atoms with van der Waals surface area (Å²) in [7, 11) is 3.00. The van der Waals surface area contributed by atoms with Crippen molar-refractivity contribution in [3.05, 3.63) is 46.1 Å². The van der Waals surface area contributed by atoms with Crippen molar-refractivity contribution in [3.63, 3.8) is 0 Å². The molecule has 3 aromatic heterocycles. The van der Waals surface area contributed by atoms with Crippen LogP contribution in [0.3, 0.4) is 0 Å². The van der Waals surface area contributed by atoms with E-state index < -0.39 is 17.0 Å². The van der Waals surface area contributed by atoms with Gasteiger partial charge >= 0.3 is 0 Å². The van der Waals surface area contributed by atoms with Gasteiger partial charge in [0.25, 0.3) is 11.4 Å². The first kappa shape index (κ1) is 20.6. The maximum atomic E-state index is 14.3. The van der Waals surface area contributed by atoms with Crippen molar-refractivity contribution in [2.75, 3.05) is 20.8 Å². The number of benzene rings is 1. The number of fused-ring (bicyclic) bond motifs is 3. The summed E-state index contributed by atoms with van der Waals surface area (Å²) >= 11 is 0. The van der Waals surface area contributed by atoms with Crippen LogP contribution in [0.25, 0.3) is 28.1 Å². The molecule has 0 spiro atoms. The van der Waals surface area contributed by atoms with Gasteiger partial charge in [-0.25, -0.2) is 9.37 Å². The van der Waals surface area contributed by atoms with Crippen LogP contribution in [0, 0.1) is 17.1 Å². The third kappa shape index (κ3) is 3.17. The van der Waals surface area contributed by atoms with Crippen molar-refractivity contribution >= 4 is 16.6 Å². The van der Waals surface area contributed by atoms with Gasteiger partial charge in [-0.1, -0.05) is 5.16 Å². The molecule has 0 radical (unpaired) electrons. The molecule has 0 amide bonds. The van der Waals surface area contributed by atoms with Crippen LogP contribution in [-0.4, -0.2) is 44.9 Å². The molecule has 0 fully saturated rings. The first-order chi connectivity index (χ1) is 14.8. The van der Waals surface area contributed by atoms with Gasteiger partial charge in [-0.05, 0) is 26.0 Å². The minimum atomic E-state index is -0.828. The molecule has 0 aliphatic rings. The molecule has 0 saturated carbocycles. The second kappa shape index (κ2) is 7.57. The molecule has 1 aromatic carbocycles. The molecule has 0 N–H and O–H groups in total. The van der Waals surface area contributed by atoms with Crippen molar-refractivity contribution in [2.45, 2.75) is 26.0 Å². The molecular formula is C20H19FN6O4. The Hall–Kier alpha value is -3.62. The predicted octanol–water partition coefficient (Wildman–Crippen LogP) is 2.24. The lowest BCUT2D eigenvalue weighted by Crippen LogP contribution is -2.26. The second-order valence-electron chi connectivity index (χ2n) is 7.30. The van der Waals surface area contributed by atoms with E-state index in [0.717, 1.165) is 0 Å². The second-order valence-corrected chi connectivity index (χ2v) is 7.30. The molecule has 4 rings (SSSR count). The van der Waals surface area contributed by atoms with Gasteiger partial charge in [0.05, 0.1) is 17.6 Å². The molecule has 3 heterocycles. The van der Waals surface area contributed by atoms with Crippen molar-refractivity contribution in [2.24, 2.45) is 0 Å². The standard InChI is InChI=1S/C20H19FN6O4/c1-20(2,30-4)19-24-17(25-31-19)14-16-18(28)26(7-8-29-3)15-11(9-22)12(21)5-6-13(15)27(16)10-23-14/h5-6,10H,7-8H2,1-4H3. The summed E-state index contributed by atoms with van der Waals surface area (Å²) < 4.78 is 32.9. The summed E-state index contributed by atoms with van der Waals surface area (Å²) in [6.45, 7) is 3.82. The molecule has 0 aliphatic heterocycles. The first-order valence-corrected chi connectivity index (χ1v) is 9.34. The number of methoxy groups -OCH3 is 2. The van der Waals surface area contributed by atoms with Crippen molar-refractivity contribution in [1.82, 2.24) is 24.1 Å². The average molecular weight is 426 g/mol. The lowest BCUT2D eigenvalue weighted by atomic mass is 10.1. The fourth-order valence-electron chi connectivity index (χ4n) is 3.31. The Morgan fingerprint density at radius 3 is 2.74 bits per heavy atom. The number of rotatable bonds is 6. The minimum Gasteiger partial charge on any atom is -0.383 e. The van der Waals surface area contributed by atoms with Gasteiger partial charge in [-0.3, -0.25) is 9.20 Å². The fraction of sp³-hybridized carbons (Fsp3) is 0.350. The maximum absolute atomic E-state index is 14.3. The highest BCUT2D eigenvalue weighted by molar-refractivity contribution is 5.87. The van der Waals surface area contributed by atoms with Crippen LogP contribution in [0.2, 0.25) is 0 Å². The Morgan fingerprint density at radius 1 is 1.29 bits per heavy atom. The number of nitriles is 1. The minimum absolute atomic E-state index is 0.110. The SMILES string of the molecule is COCCn1c(=O)c2c(-c3noc(C(C)(C)OC)n3)ncn2c2ccc(F)c(C#N)c21. The molecular weight excluding hydrogens is 407 g/mol. The van der Waals surface area contributed by atoms with E-state index in [-0.39, 0.29) is 47.2 Å². The van der Waals surface area contributed by atoms with E-state index >= 15 is 0 Å². The van der Waals surface area contributed by atoms with Crippen LogP contribution in [0.5, 0.6) is 0 Å². The highest BCUT2D eigenvalue weighted by atomic mass is 19.1. The van der Waals surface area contributed by atoms with Crippen molar-refractivity contribution < 1.29 is 18.4 Å². The quantitative estimate of drug-likeness (QED) is 0.460. The summed E-state index contributed by atoms with van der Waals surface area (Å²) in [6.07, 6.45) is 1.41. The molecule has 0 unspecified atom stereocenters. The molecule has 11 heteroatoms. The van der Waals surface area contributed by atoms with E-state index in [1.54, 1.807) is 13.8 Å². The molecule has 160 valence electrons. The van der Waals surface area contributed by atoms with E-state index in [9.17, 15) is 14.4 Å². The summed E-state index contributed by atoms with van der Waals surface area (Å²) in [5.41, 5.74) is -0.586. The summed E-state index contributed by atoms with van der Waals surface area (Å²) in [4.78, 5) is 22.1. The average Bonchev–Trinajstić information content (AvgIpc) is 3.41. The highest BCUT2D eigenvalue weighted by Crippen LogP contribution is 2.28. The lowest BCUT2D eigenvalue weighted by molar-refractivity contribution is -0.00786. The zero-order valence-corrected chi connectivity index (χ0v) is 17.3. The van der Waals surface area contributed by atoms with Crippen molar-refractivity contribution in [3.8, 4) is 17.6 Å². The zero-order chi connectivity index (χ0) is 22.3. The Balaban J connectivity index is 2.06. The Kier molecular flexibility index (Phi) is 5.04. The Morgan fingerprint density at radius 2 is 2.06 bits per heavy atom. The summed E-state index contributed by atoms with van der Waals surface area (Å²) in [6, 6.07) is 4.52. The van der Waals surface area contributed by atoms with Gasteiger partial charge in [0, 0.05) is 20.8 Å². The summed E-state index contributed by atoms with van der Waals surface area (Å²) in [5.74, 6) is -0.384. The number of nitrogens with zero attached hydrogens (tertiary/aromatic N) is 6. The Labute approximate surface area is 175 Å². The number of aromatic nitrogens is 5. The fourth-order valence-corrected chi connectivity index (χ4v) is 3.31. The highest BCUT2D eigenvalue weighted by Gasteiger charge is 2.29. The zero-order valence-electron chi connectivity index (χ0n) is 17.3. The third-order valence-corrected chi connectivity index (χ3v) is 5.14. The monoisotopic (exact) mass is 426 g/mol. The largest absolute Gasteiger partial charge is 0.383 e. The molecule has 4 aromatic rings. The van der Waals surface area contributed by atoms with E-state index in [1.165, 1.54) is 41.6 Å². The van der Waals surface area contributed by atoms with E-state index in [1.807, 2.05) is 6.07 Å². The smallest absolute Gasteiger partial charge is 0.277 e. The first-order valence-electron chi connectivity index (χ1n) is 9.34. The molecule has 0 saturated heterocycles. The van der Waals surface area contributed by atoms with E-state index in [0.29, 0.717) is 5.52 Å². The van der Waals surface area contributed by atoms with Gasteiger partial charge in [-0.15, -0.1) is 0 Å². The topological polar surface area (TPSA) is 120 Å². The maximum Gasteiger partial charge on any atom is 0.277 e. The normalized spacial score (nSPS) is 12.0. The molecule has 0 atom stereocenters. The Bertz CT molecular complexity index is 1390. The number of halogens is 1. The van der Waals surface area contributed by atoms with Crippen LogP contribution in [0.15, 0.2) is 27.8 Å². The van der Waals surface area contributed by atoms with E-state index in [2.05, 4.69) is 15.1 Å². The molecule has 31 heavy (non-hydrogen) atoms. The van der Waals surface area contributed by atoms with Gasteiger partial charge < -0.3 is 18.6 Å². The van der Waals surface area contributed by atoms with Crippen LogP contribution in [-0.2, 0) is 21.6 Å². The van der Waals surface area contributed by atoms with Crippen LogP contribution < -0.4 is 5.56 Å². The van der Waals surface area contributed by atoms with Gasteiger partial charge in [0.1, 0.15) is 40.6 Å².